The molecule has 1 fully saturated rings. The molecule has 1 unspecified atom stereocenters. The molecule has 7 nitrogen and oxygen atoms in total. The Kier molecular flexibility index (Phi) is 4.27. The number of aliphatic carboxylic acids is 1. The topological polar surface area (TPSA) is 88.1 Å². The summed E-state index contributed by atoms with van der Waals surface area (Å²) in [5.74, 6) is 0.136. The van der Waals surface area contributed by atoms with Crippen LogP contribution in [-0.4, -0.2) is 48.8 Å². The van der Waals surface area contributed by atoms with E-state index in [4.69, 9.17) is 14.6 Å². The standard InChI is InChI=1S/C16H20N2O5/c1-22-11-2-3-14-12(8-11)13(5-7-23-14)17-16(21)18-6-4-10(9-18)15(19)20/h2-3,8,10,13H,4-7,9H2,1H3,(H,17,21)(H,19,20)/t10?,13-/m0/s1. The Morgan fingerprint density at radius 2 is 2.22 bits per heavy atom. The van der Waals surface area contributed by atoms with Gasteiger partial charge < -0.3 is 24.8 Å². The van der Waals surface area contributed by atoms with E-state index in [1.54, 1.807) is 12.0 Å². The van der Waals surface area contributed by atoms with Gasteiger partial charge in [-0.1, -0.05) is 0 Å². The maximum atomic E-state index is 12.4. The molecule has 3 rings (SSSR count). The van der Waals surface area contributed by atoms with Gasteiger partial charge in [0.1, 0.15) is 11.5 Å². The van der Waals surface area contributed by atoms with Crippen molar-refractivity contribution >= 4 is 12.0 Å². The molecule has 1 aromatic carbocycles. The van der Waals surface area contributed by atoms with Crippen LogP contribution in [0.3, 0.4) is 0 Å². The van der Waals surface area contributed by atoms with E-state index in [1.807, 2.05) is 18.2 Å². The Hall–Kier alpha value is -2.44. The highest BCUT2D eigenvalue weighted by molar-refractivity contribution is 5.78. The van der Waals surface area contributed by atoms with Crippen molar-refractivity contribution < 1.29 is 24.2 Å². The predicted molar refractivity (Wildman–Crippen MR) is 81.7 cm³/mol. The minimum absolute atomic E-state index is 0.162. The van der Waals surface area contributed by atoms with E-state index in [1.165, 1.54) is 0 Å². The van der Waals surface area contributed by atoms with E-state index in [9.17, 15) is 9.59 Å². The van der Waals surface area contributed by atoms with Crippen LogP contribution in [0.5, 0.6) is 11.5 Å². The quantitative estimate of drug-likeness (QED) is 0.884. The number of methoxy groups -OCH3 is 1. The smallest absolute Gasteiger partial charge is 0.317 e. The molecule has 7 heteroatoms. The summed E-state index contributed by atoms with van der Waals surface area (Å²) < 4.78 is 10.8. The van der Waals surface area contributed by atoms with Gasteiger partial charge in [-0.05, 0) is 24.6 Å². The van der Waals surface area contributed by atoms with Crippen molar-refractivity contribution in [3.05, 3.63) is 23.8 Å². The minimum atomic E-state index is -0.846. The van der Waals surface area contributed by atoms with Gasteiger partial charge in [0, 0.05) is 25.1 Å². The Balaban J connectivity index is 1.70. The largest absolute Gasteiger partial charge is 0.497 e. The number of carbonyl (C=O) groups excluding carboxylic acids is 1. The number of hydrogen-bond acceptors (Lipinski definition) is 4. The zero-order valence-electron chi connectivity index (χ0n) is 12.9. The van der Waals surface area contributed by atoms with Gasteiger partial charge in [0.05, 0.1) is 25.7 Å². The van der Waals surface area contributed by atoms with Crippen LogP contribution in [0.2, 0.25) is 0 Å². The number of carboxylic acid groups (broad SMARTS) is 1. The summed E-state index contributed by atoms with van der Waals surface area (Å²) in [7, 11) is 1.59. The molecule has 2 aliphatic heterocycles. The molecule has 0 saturated carbocycles. The number of carbonyl (C=O) groups is 2. The summed E-state index contributed by atoms with van der Waals surface area (Å²) in [5, 5.41) is 12.0. The van der Waals surface area contributed by atoms with Crippen LogP contribution >= 0.6 is 0 Å². The molecule has 0 aromatic heterocycles. The first-order chi connectivity index (χ1) is 11.1. The van der Waals surface area contributed by atoms with Crippen molar-refractivity contribution in [2.24, 2.45) is 5.92 Å². The Morgan fingerprint density at radius 3 is 2.91 bits per heavy atom. The second kappa shape index (κ2) is 6.36. The lowest BCUT2D eigenvalue weighted by atomic mass is 10.0. The molecular formula is C16H20N2O5. The summed E-state index contributed by atoms with van der Waals surface area (Å²) in [6, 6.07) is 5.13. The number of nitrogens with zero attached hydrogens (tertiary/aromatic N) is 1. The van der Waals surface area contributed by atoms with Crippen molar-refractivity contribution in [3.8, 4) is 11.5 Å². The maximum Gasteiger partial charge on any atom is 0.317 e. The van der Waals surface area contributed by atoms with E-state index in [0.29, 0.717) is 31.7 Å². The number of fused-ring (bicyclic) bond motifs is 1. The van der Waals surface area contributed by atoms with Crippen LogP contribution in [0.25, 0.3) is 0 Å². The van der Waals surface area contributed by atoms with Gasteiger partial charge in [-0.15, -0.1) is 0 Å². The molecule has 124 valence electrons. The van der Waals surface area contributed by atoms with Gasteiger partial charge in [0.15, 0.2) is 0 Å². The second-order valence-corrected chi connectivity index (χ2v) is 5.81. The van der Waals surface area contributed by atoms with Gasteiger partial charge in [-0.2, -0.15) is 0 Å². The summed E-state index contributed by atoms with van der Waals surface area (Å²) >= 11 is 0. The molecular weight excluding hydrogens is 300 g/mol. The fraction of sp³-hybridized carbons (Fsp3) is 0.500. The molecule has 0 bridgehead atoms. The first kappa shape index (κ1) is 15.5. The monoisotopic (exact) mass is 320 g/mol. The number of nitrogens with one attached hydrogen (secondary N) is 1. The average Bonchev–Trinajstić information content (AvgIpc) is 3.05. The number of rotatable bonds is 3. The molecule has 1 aromatic rings. The number of benzene rings is 1. The average molecular weight is 320 g/mol. The molecule has 2 N–H and O–H groups in total. The number of carboxylic acids is 1. The van der Waals surface area contributed by atoms with E-state index in [2.05, 4.69) is 5.32 Å². The second-order valence-electron chi connectivity index (χ2n) is 5.81. The number of amides is 2. The normalized spacial score (nSPS) is 22.9. The lowest BCUT2D eigenvalue weighted by molar-refractivity contribution is -0.141. The summed E-state index contributed by atoms with van der Waals surface area (Å²) in [6.07, 6.45) is 1.17. The summed E-state index contributed by atoms with van der Waals surface area (Å²) in [5.41, 5.74) is 0.887. The lowest BCUT2D eigenvalue weighted by Gasteiger charge is -2.29. The van der Waals surface area contributed by atoms with Crippen molar-refractivity contribution in [2.45, 2.75) is 18.9 Å². The SMILES string of the molecule is COc1ccc2c(c1)[C@@H](NC(=O)N1CCC(C(=O)O)C1)CCO2. The van der Waals surface area contributed by atoms with Crippen molar-refractivity contribution in [3.63, 3.8) is 0 Å². The van der Waals surface area contributed by atoms with Crippen LogP contribution in [0, 0.1) is 5.92 Å². The van der Waals surface area contributed by atoms with Crippen LogP contribution in [-0.2, 0) is 4.79 Å². The van der Waals surface area contributed by atoms with Crippen molar-refractivity contribution in [2.75, 3.05) is 26.8 Å². The Morgan fingerprint density at radius 1 is 1.39 bits per heavy atom. The first-order valence-electron chi connectivity index (χ1n) is 7.67. The van der Waals surface area contributed by atoms with Crippen molar-refractivity contribution in [1.82, 2.24) is 10.2 Å². The number of ether oxygens (including phenoxy) is 2. The van der Waals surface area contributed by atoms with E-state index in [0.717, 1.165) is 11.3 Å². The highest BCUT2D eigenvalue weighted by Gasteiger charge is 2.32. The molecule has 1 saturated heterocycles. The molecule has 2 aliphatic rings. The molecule has 0 radical (unpaired) electrons. The number of hydrogen-bond donors (Lipinski definition) is 2. The third-order valence-corrected chi connectivity index (χ3v) is 4.38. The van der Waals surface area contributed by atoms with E-state index in [-0.39, 0.29) is 18.6 Å². The molecule has 0 spiro atoms. The molecule has 2 amide bonds. The Labute approximate surface area is 134 Å². The highest BCUT2D eigenvalue weighted by atomic mass is 16.5. The predicted octanol–water partition coefficient (Wildman–Crippen LogP) is 1.63. The van der Waals surface area contributed by atoms with Crippen LogP contribution in [0.1, 0.15) is 24.4 Å². The maximum absolute atomic E-state index is 12.4. The summed E-state index contributed by atoms with van der Waals surface area (Å²) in [6.45, 7) is 1.26. The zero-order chi connectivity index (χ0) is 16.4. The van der Waals surface area contributed by atoms with Gasteiger partial charge in [-0.3, -0.25) is 4.79 Å². The van der Waals surface area contributed by atoms with Crippen molar-refractivity contribution in [1.29, 1.82) is 0 Å². The molecule has 2 atom stereocenters. The zero-order valence-corrected chi connectivity index (χ0v) is 12.9. The van der Waals surface area contributed by atoms with E-state index < -0.39 is 11.9 Å². The van der Waals surface area contributed by atoms with Gasteiger partial charge in [0.25, 0.3) is 0 Å². The third-order valence-electron chi connectivity index (χ3n) is 4.38. The van der Waals surface area contributed by atoms with Crippen LogP contribution in [0.15, 0.2) is 18.2 Å². The van der Waals surface area contributed by atoms with E-state index >= 15 is 0 Å². The minimum Gasteiger partial charge on any atom is -0.497 e. The summed E-state index contributed by atoms with van der Waals surface area (Å²) in [4.78, 5) is 25.0. The molecule has 2 heterocycles. The highest BCUT2D eigenvalue weighted by Crippen LogP contribution is 2.35. The van der Waals surface area contributed by atoms with Crippen LogP contribution in [0.4, 0.5) is 4.79 Å². The van der Waals surface area contributed by atoms with Gasteiger partial charge >= 0.3 is 12.0 Å². The molecule has 0 aliphatic carbocycles. The molecule has 23 heavy (non-hydrogen) atoms. The lowest BCUT2D eigenvalue weighted by Crippen LogP contribution is -2.42. The fourth-order valence-corrected chi connectivity index (χ4v) is 3.04. The Bertz CT molecular complexity index is 618. The fourth-order valence-electron chi connectivity index (χ4n) is 3.04. The van der Waals surface area contributed by atoms with Gasteiger partial charge in [0.2, 0.25) is 0 Å². The third kappa shape index (κ3) is 3.18. The number of urea groups is 1. The van der Waals surface area contributed by atoms with Crippen LogP contribution < -0.4 is 14.8 Å². The van der Waals surface area contributed by atoms with Gasteiger partial charge in [-0.25, -0.2) is 4.79 Å². The first-order valence-corrected chi connectivity index (χ1v) is 7.67. The number of likely N-dealkylation sites (tertiary alicyclic amines) is 1.